The van der Waals surface area contributed by atoms with Gasteiger partial charge < -0.3 is 14.8 Å². The number of amides is 1. The zero-order valence-electron chi connectivity index (χ0n) is 18.4. The van der Waals surface area contributed by atoms with Crippen LogP contribution in [0.4, 0.5) is 0 Å². The van der Waals surface area contributed by atoms with Crippen LogP contribution in [0.15, 0.2) is 42.5 Å². The summed E-state index contributed by atoms with van der Waals surface area (Å²) in [6.07, 6.45) is 0.234. The lowest BCUT2D eigenvalue weighted by Crippen LogP contribution is -2.43. The highest BCUT2D eigenvalue weighted by atomic mass is 16.6. The first kappa shape index (κ1) is 23.1. The quantitative estimate of drug-likeness (QED) is 0.732. The third-order valence-corrected chi connectivity index (χ3v) is 4.30. The van der Waals surface area contributed by atoms with Crippen molar-refractivity contribution in [1.29, 1.82) is 0 Å². The summed E-state index contributed by atoms with van der Waals surface area (Å²) >= 11 is 0. The maximum absolute atomic E-state index is 12.7. The van der Waals surface area contributed by atoms with Crippen LogP contribution >= 0.6 is 0 Å². The Morgan fingerprint density at radius 2 is 1.50 bits per heavy atom. The van der Waals surface area contributed by atoms with Crippen molar-refractivity contribution < 1.29 is 23.9 Å². The standard InChI is InChI=1S/C24H29NO5/c1-15-11-16(2)13-19(12-15)21(26)25-20(23(28)29-6)14-17-7-9-18(10-8-17)22(27)30-24(3,4)5/h7-13,20H,14H2,1-6H3,(H,25,26)/t20-/m1/s1. The summed E-state index contributed by atoms with van der Waals surface area (Å²) in [5, 5.41) is 2.75. The van der Waals surface area contributed by atoms with Crippen LogP contribution in [-0.2, 0) is 20.7 Å². The molecule has 0 unspecified atom stereocenters. The fourth-order valence-electron chi connectivity index (χ4n) is 3.03. The number of hydrogen-bond acceptors (Lipinski definition) is 5. The molecule has 6 nitrogen and oxygen atoms in total. The van der Waals surface area contributed by atoms with E-state index in [9.17, 15) is 14.4 Å². The molecule has 0 heterocycles. The van der Waals surface area contributed by atoms with E-state index in [0.717, 1.165) is 16.7 Å². The Kier molecular flexibility index (Phi) is 7.38. The molecule has 30 heavy (non-hydrogen) atoms. The molecule has 2 rings (SSSR count). The van der Waals surface area contributed by atoms with Gasteiger partial charge in [-0.25, -0.2) is 9.59 Å². The monoisotopic (exact) mass is 411 g/mol. The van der Waals surface area contributed by atoms with Gasteiger partial charge >= 0.3 is 11.9 Å². The van der Waals surface area contributed by atoms with Crippen LogP contribution < -0.4 is 5.32 Å². The Morgan fingerprint density at radius 1 is 0.933 bits per heavy atom. The Bertz CT molecular complexity index is 905. The van der Waals surface area contributed by atoms with Gasteiger partial charge in [-0.05, 0) is 64.4 Å². The maximum atomic E-state index is 12.7. The first-order valence-electron chi connectivity index (χ1n) is 9.78. The fraction of sp³-hybridized carbons (Fsp3) is 0.375. The average Bonchev–Trinajstić information content (AvgIpc) is 2.65. The van der Waals surface area contributed by atoms with E-state index in [4.69, 9.17) is 9.47 Å². The summed E-state index contributed by atoms with van der Waals surface area (Å²) in [5.41, 5.74) is 3.03. The Morgan fingerprint density at radius 3 is 2.00 bits per heavy atom. The molecule has 0 spiro atoms. The first-order valence-corrected chi connectivity index (χ1v) is 9.78. The van der Waals surface area contributed by atoms with Crippen molar-refractivity contribution in [3.8, 4) is 0 Å². The van der Waals surface area contributed by atoms with Crippen molar-refractivity contribution in [2.45, 2.75) is 52.7 Å². The molecule has 0 aliphatic carbocycles. The summed E-state index contributed by atoms with van der Waals surface area (Å²) in [7, 11) is 1.28. The van der Waals surface area contributed by atoms with Crippen molar-refractivity contribution in [2.75, 3.05) is 7.11 Å². The number of rotatable bonds is 6. The van der Waals surface area contributed by atoms with E-state index in [2.05, 4.69) is 5.32 Å². The second-order valence-electron chi connectivity index (χ2n) is 8.33. The fourth-order valence-corrected chi connectivity index (χ4v) is 3.03. The predicted octanol–water partition coefficient (Wildman–Crippen LogP) is 3.77. The molecule has 0 saturated carbocycles. The minimum atomic E-state index is -0.851. The van der Waals surface area contributed by atoms with Gasteiger partial charge in [0.25, 0.3) is 5.91 Å². The van der Waals surface area contributed by atoms with Crippen LogP contribution in [0.3, 0.4) is 0 Å². The molecule has 0 saturated heterocycles. The van der Waals surface area contributed by atoms with Gasteiger partial charge in [0.1, 0.15) is 11.6 Å². The van der Waals surface area contributed by atoms with Crippen LogP contribution in [0.2, 0.25) is 0 Å². The third kappa shape index (κ3) is 6.72. The molecule has 1 amide bonds. The number of carbonyl (C=O) groups excluding carboxylic acids is 3. The highest BCUT2D eigenvalue weighted by Crippen LogP contribution is 2.15. The highest BCUT2D eigenvalue weighted by Gasteiger charge is 2.23. The van der Waals surface area contributed by atoms with E-state index in [0.29, 0.717) is 11.1 Å². The number of esters is 2. The van der Waals surface area contributed by atoms with E-state index in [1.165, 1.54) is 7.11 Å². The van der Waals surface area contributed by atoms with Crippen LogP contribution in [0.5, 0.6) is 0 Å². The van der Waals surface area contributed by atoms with Gasteiger partial charge in [-0.15, -0.1) is 0 Å². The first-order chi connectivity index (χ1) is 14.0. The summed E-state index contributed by atoms with van der Waals surface area (Å²) in [6.45, 7) is 9.23. The zero-order valence-corrected chi connectivity index (χ0v) is 18.4. The molecule has 2 aromatic rings. The molecule has 0 radical (unpaired) electrons. The topological polar surface area (TPSA) is 81.7 Å². The summed E-state index contributed by atoms with van der Waals surface area (Å²) in [6, 6.07) is 11.4. The molecule has 0 aliphatic rings. The van der Waals surface area contributed by atoms with E-state index < -0.39 is 23.6 Å². The molecular weight excluding hydrogens is 382 g/mol. The molecular formula is C24H29NO5. The molecule has 160 valence electrons. The molecule has 0 fully saturated rings. The van der Waals surface area contributed by atoms with E-state index in [1.807, 2.05) is 19.9 Å². The SMILES string of the molecule is COC(=O)[C@@H](Cc1ccc(C(=O)OC(C)(C)C)cc1)NC(=O)c1cc(C)cc(C)c1. The van der Waals surface area contributed by atoms with Crippen molar-refractivity contribution in [3.05, 3.63) is 70.3 Å². The minimum absolute atomic E-state index is 0.234. The zero-order chi connectivity index (χ0) is 22.5. The third-order valence-electron chi connectivity index (χ3n) is 4.30. The van der Waals surface area contributed by atoms with E-state index >= 15 is 0 Å². The Hall–Kier alpha value is -3.15. The Balaban J connectivity index is 2.14. The lowest BCUT2D eigenvalue weighted by molar-refractivity contribution is -0.142. The van der Waals surface area contributed by atoms with Crippen molar-refractivity contribution in [2.24, 2.45) is 0 Å². The molecule has 0 aromatic heterocycles. The molecule has 1 atom stereocenters. The number of hydrogen-bond donors (Lipinski definition) is 1. The normalized spacial score (nSPS) is 12.1. The summed E-state index contributed by atoms with van der Waals surface area (Å²) in [4.78, 5) is 37.1. The lowest BCUT2D eigenvalue weighted by Gasteiger charge is -2.20. The summed E-state index contributed by atoms with van der Waals surface area (Å²) in [5.74, 6) is -1.30. The largest absolute Gasteiger partial charge is 0.467 e. The van der Waals surface area contributed by atoms with Gasteiger partial charge in [0.2, 0.25) is 0 Å². The van der Waals surface area contributed by atoms with Crippen LogP contribution in [0.1, 0.15) is 58.2 Å². The maximum Gasteiger partial charge on any atom is 0.338 e. The van der Waals surface area contributed by atoms with Gasteiger partial charge in [0, 0.05) is 12.0 Å². The van der Waals surface area contributed by atoms with Gasteiger partial charge in [-0.3, -0.25) is 4.79 Å². The number of ether oxygens (including phenoxy) is 2. The van der Waals surface area contributed by atoms with Crippen LogP contribution in [0.25, 0.3) is 0 Å². The van der Waals surface area contributed by atoms with Crippen molar-refractivity contribution in [3.63, 3.8) is 0 Å². The molecule has 2 aromatic carbocycles. The number of carbonyl (C=O) groups is 3. The minimum Gasteiger partial charge on any atom is -0.467 e. The highest BCUT2D eigenvalue weighted by molar-refractivity contribution is 5.97. The molecule has 0 aliphatic heterocycles. The van der Waals surface area contributed by atoms with Gasteiger partial charge in [0.05, 0.1) is 12.7 Å². The van der Waals surface area contributed by atoms with Gasteiger partial charge in [0.15, 0.2) is 0 Å². The second kappa shape index (κ2) is 9.57. The van der Waals surface area contributed by atoms with Crippen LogP contribution in [-0.4, -0.2) is 36.6 Å². The number of aryl methyl sites for hydroxylation is 2. The second-order valence-corrected chi connectivity index (χ2v) is 8.33. The van der Waals surface area contributed by atoms with Crippen LogP contribution in [0, 0.1) is 13.8 Å². The van der Waals surface area contributed by atoms with E-state index in [-0.39, 0.29) is 12.3 Å². The van der Waals surface area contributed by atoms with Crippen molar-refractivity contribution in [1.82, 2.24) is 5.32 Å². The summed E-state index contributed by atoms with van der Waals surface area (Å²) < 4.78 is 10.2. The van der Waals surface area contributed by atoms with Crippen molar-refractivity contribution >= 4 is 17.8 Å². The predicted molar refractivity (Wildman–Crippen MR) is 115 cm³/mol. The molecule has 1 N–H and O–H groups in total. The number of nitrogens with one attached hydrogen (secondary N) is 1. The van der Waals surface area contributed by atoms with Gasteiger partial charge in [-0.2, -0.15) is 0 Å². The molecule has 6 heteroatoms. The molecule has 0 bridgehead atoms. The Labute approximate surface area is 177 Å². The number of methoxy groups -OCH3 is 1. The lowest BCUT2D eigenvalue weighted by atomic mass is 10.0. The smallest absolute Gasteiger partial charge is 0.338 e. The number of benzene rings is 2. The van der Waals surface area contributed by atoms with Gasteiger partial charge in [-0.1, -0.05) is 29.3 Å². The average molecular weight is 411 g/mol. The van der Waals surface area contributed by atoms with E-state index in [1.54, 1.807) is 57.2 Å².